The lowest BCUT2D eigenvalue weighted by Crippen LogP contribution is -2.51. The summed E-state index contributed by atoms with van der Waals surface area (Å²) in [5.74, 6) is 0.655. The first-order chi connectivity index (χ1) is 17.4. The lowest BCUT2D eigenvalue weighted by atomic mass is 10.0. The van der Waals surface area contributed by atoms with E-state index in [1.807, 2.05) is 37.3 Å². The summed E-state index contributed by atoms with van der Waals surface area (Å²) in [6, 6.07) is 21.0. The van der Waals surface area contributed by atoms with Gasteiger partial charge in [-0.2, -0.15) is 0 Å². The maximum Gasteiger partial charge on any atom is 0.261 e. The van der Waals surface area contributed by atoms with Crippen molar-refractivity contribution in [2.75, 3.05) is 20.3 Å². The molecule has 0 bridgehead atoms. The van der Waals surface area contributed by atoms with Crippen LogP contribution in [0, 0.1) is 0 Å². The Hall–Kier alpha value is -3.22. The molecule has 3 aromatic rings. The molecule has 0 fully saturated rings. The summed E-state index contributed by atoms with van der Waals surface area (Å²) in [4.78, 5) is 28.4. The van der Waals surface area contributed by atoms with Gasteiger partial charge in [0.15, 0.2) is 6.61 Å². The fraction of sp³-hybridized carbons (Fsp3) is 0.286. The highest BCUT2D eigenvalue weighted by molar-refractivity contribution is 6.42. The number of rotatable bonds is 12. The molecule has 1 atom stereocenters. The SMILES string of the molecule is CCCNC(=O)[C@@H](Cc1ccccc1)N(Cc1ccc(Cl)c(Cl)c1)C(=O)COc1ccc(OC)cc1. The summed E-state index contributed by atoms with van der Waals surface area (Å²) >= 11 is 12.3. The summed E-state index contributed by atoms with van der Waals surface area (Å²) in [5, 5.41) is 3.75. The number of carbonyl (C=O) groups excluding carboxylic acids is 2. The van der Waals surface area contributed by atoms with Crippen molar-refractivity contribution in [2.24, 2.45) is 0 Å². The molecule has 0 saturated heterocycles. The van der Waals surface area contributed by atoms with Crippen LogP contribution in [0.4, 0.5) is 0 Å². The topological polar surface area (TPSA) is 67.9 Å². The largest absolute Gasteiger partial charge is 0.497 e. The molecule has 1 N–H and O–H groups in total. The van der Waals surface area contributed by atoms with Crippen LogP contribution in [0.3, 0.4) is 0 Å². The minimum Gasteiger partial charge on any atom is -0.497 e. The Morgan fingerprint density at radius 2 is 1.61 bits per heavy atom. The maximum absolute atomic E-state index is 13.5. The average molecular weight is 529 g/mol. The summed E-state index contributed by atoms with van der Waals surface area (Å²) in [5.41, 5.74) is 1.70. The smallest absolute Gasteiger partial charge is 0.261 e. The van der Waals surface area contributed by atoms with E-state index < -0.39 is 6.04 Å². The van der Waals surface area contributed by atoms with Gasteiger partial charge in [-0.15, -0.1) is 0 Å². The monoisotopic (exact) mass is 528 g/mol. The Morgan fingerprint density at radius 3 is 2.25 bits per heavy atom. The molecule has 3 rings (SSSR count). The third-order valence-electron chi connectivity index (χ3n) is 5.58. The molecule has 3 aromatic carbocycles. The van der Waals surface area contributed by atoms with Crippen molar-refractivity contribution in [2.45, 2.75) is 32.4 Å². The van der Waals surface area contributed by atoms with Crippen LogP contribution in [-0.2, 0) is 22.6 Å². The zero-order valence-corrected chi connectivity index (χ0v) is 21.9. The van der Waals surface area contributed by atoms with Gasteiger partial charge in [0.25, 0.3) is 5.91 Å². The highest BCUT2D eigenvalue weighted by atomic mass is 35.5. The third kappa shape index (κ3) is 7.90. The average Bonchev–Trinajstić information content (AvgIpc) is 2.90. The zero-order valence-electron chi connectivity index (χ0n) is 20.4. The van der Waals surface area contributed by atoms with Crippen molar-refractivity contribution in [1.29, 1.82) is 0 Å². The van der Waals surface area contributed by atoms with Crippen molar-refractivity contribution in [1.82, 2.24) is 10.2 Å². The molecule has 0 spiro atoms. The van der Waals surface area contributed by atoms with E-state index >= 15 is 0 Å². The molecular weight excluding hydrogens is 499 g/mol. The van der Waals surface area contributed by atoms with Crippen molar-refractivity contribution in [3.8, 4) is 11.5 Å². The number of methoxy groups -OCH3 is 1. The predicted octanol–water partition coefficient (Wildman–Crippen LogP) is 5.55. The summed E-state index contributed by atoms with van der Waals surface area (Å²) in [7, 11) is 1.58. The van der Waals surface area contributed by atoms with Crippen LogP contribution < -0.4 is 14.8 Å². The molecule has 190 valence electrons. The first-order valence-corrected chi connectivity index (χ1v) is 12.5. The van der Waals surface area contributed by atoms with Crippen LogP contribution in [0.1, 0.15) is 24.5 Å². The number of nitrogens with zero attached hydrogens (tertiary/aromatic N) is 1. The molecule has 0 saturated carbocycles. The van der Waals surface area contributed by atoms with E-state index in [1.54, 1.807) is 54.5 Å². The molecule has 0 radical (unpaired) electrons. The van der Waals surface area contributed by atoms with Gasteiger partial charge >= 0.3 is 0 Å². The second-order valence-corrected chi connectivity index (χ2v) is 9.05. The molecule has 36 heavy (non-hydrogen) atoms. The van der Waals surface area contributed by atoms with Gasteiger partial charge < -0.3 is 19.7 Å². The number of hydrogen-bond acceptors (Lipinski definition) is 4. The molecule has 0 aromatic heterocycles. The normalized spacial score (nSPS) is 11.4. The Morgan fingerprint density at radius 1 is 0.917 bits per heavy atom. The Bertz CT molecular complexity index is 1140. The van der Waals surface area contributed by atoms with Crippen molar-refractivity contribution < 1.29 is 19.1 Å². The predicted molar refractivity (Wildman–Crippen MR) is 143 cm³/mol. The fourth-order valence-electron chi connectivity index (χ4n) is 3.65. The second kappa shape index (κ2) is 13.8. The number of benzene rings is 3. The van der Waals surface area contributed by atoms with Crippen LogP contribution in [0.2, 0.25) is 10.0 Å². The molecule has 6 nitrogen and oxygen atoms in total. The lowest BCUT2D eigenvalue weighted by Gasteiger charge is -2.31. The Kier molecular flexibility index (Phi) is 10.5. The molecule has 0 aliphatic heterocycles. The molecule has 0 unspecified atom stereocenters. The number of carbonyl (C=O) groups is 2. The van der Waals surface area contributed by atoms with Crippen LogP contribution in [0.5, 0.6) is 11.5 Å². The van der Waals surface area contributed by atoms with Gasteiger partial charge in [-0.1, -0.05) is 66.5 Å². The molecule has 0 aliphatic carbocycles. The number of nitrogens with one attached hydrogen (secondary N) is 1. The van der Waals surface area contributed by atoms with E-state index in [9.17, 15) is 9.59 Å². The van der Waals surface area contributed by atoms with E-state index in [4.69, 9.17) is 32.7 Å². The molecule has 8 heteroatoms. The van der Waals surface area contributed by atoms with E-state index in [2.05, 4.69) is 5.32 Å². The van der Waals surface area contributed by atoms with Crippen molar-refractivity contribution in [3.63, 3.8) is 0 Å². The van der Waals surface area contributed by atoms with Gasteiger partial charge in [0.2, 0.25) is 5.91 Å². The molecular formula is C28H30Cl2N2O4. The Labute approximate surface area is 222 Å². The van der Waals surface area contributed by atoms with Gasteiger partial charge in [0.05, 0.1) is 17.2 Å². The number of amides is 2. The van der Waals surface area contributed by atoms with Crippen LogP contribution in [-0.4, -0.2) is 43.0 Å². The Balaban J connectivity index is 1.89. The summed E-state index contributed by atoms with van der Waals surface area (Å²) in [6.45, 7) is 2.42. The fourth-order valence-corrected chi connectivity index (χ4v) is 3.98. The first-order valence-electron chi connectivity index (χ1n) is 11.7. The van der Waals surface area contributed by atoms with Crippen molar-refractivity contribution in [3.05, 3.63) is 94.0 Å². The van der Waals surface area contributed by atoms with Crippen molar-refractivity contribution >= 4 is 35.0 Å². The van der Waals surface area contributed by atoms with Gasteiger partial charge in [0, 0.05) is 19.5 Å². The minimum absolute atomic E-state index is 0.165. The summed E-state index contributed by atoms with van der Waals surface area (Å²) in [6.07, 6.45) is 1.14. The lowest BCUT2D eigenvalue weighted by molar-refractivity contribution is -0.142. The van der Waals surface area contributed by atoms with E-state index in [0.29, 0.717) is 34.5 Å². The molecule has 2 amide bonds. The highest BCUT2D eigenvalue weighted by Crippen LogP contribution is 2.24. The standard InChI is InChI=1S/C28H30Cl2N2O4/c1-3-15-31-28(34)26(17-20-7-5-4-6-8-20)32(18-21-9-14-24(29)25(30)16-21)27(33)19-36-23-12-10-22(35-2)11-13-23/h4-14,16,26H,3,15,17-19H2,1-2H3,(H,31,34)/t26-/m1/s1. The second-order valence-electron chi connectivity index (χ2n) is 8.23. The van der Waals surface area contributed by atoms with Gasteiger partial charge in [-0.3, -0.25) is 9.59 Å². The summed E-state index contributed by atoms with van der Waals surface area (Å²) < 4.78 is 10.9. The number of ether oxygens (including phenoxy) is 2. The minimum atomic E-state index is -0.750. The third-order valence-corrected chi connectivity index (χ3v) is 6.32. The van der Waals surface area contributed by atoms with Crippen LogP contribution in [0.25, 0.3) is 0 Å². The maximum atomic E-state index is 13.5. The van der Waals surface area contributed by atoms with Gasteiger partial charge in [-0.25, -0.2) is 0 Å². The highest BCUT2D eigenvalue weighted by Gasteiger charge is 2.30. The number of halogens is 2. The van der Waals surface area contributed by atoms with E-state index in [0.717, 1.165) is 17.5 Å². The molecule has 0 aliphatic rings. The number of hydrogen-bond donors (Lipinski definition) is 1. The van der Waals surface area contributed by atoms with E-state index in [-0.39, 0.29) is 25.0 Å². The van der Waals surface area contributed by atoms with E-state index in [1.165, 1.54) is 0 Å². The first kappa shape index (κ1) is 27.4. The van der Waals surface area contributed by atoms with Gasteiger partial charge in [0.1, 0.15) is 17.5 Å². The van der Waals surface area contributed by atoms with Crippen LogP contribution >= 0.6 is 23.2 Å². The zero-order chi connectivity index (χ0) is 25.9. The van der Waals surface area contributed by atoms with Gasteiger partial charge in [-0.05, 0) is 53.9 Å². The molecule has 0 heterocycles. The van der Waals surface area contributed by atoms with Crippen LogP contribution in [0.15, 0.2) is 72.8 Å². The quantitative estimate of drug-likeness (QED) is 0.334.